The molecule has 1 heterocycles. The van der Waals surface area contributed by atoms with Crippen molar-refractivity contribution >= 4 is 0 Å². The summed E-state index contributed by atoms with van der Waals surface area (Å²) < 4.78 is 0. The highest BCUT2D eigenvalue weighted by Crippen LogP contribution is 2.27. The Hall–Kier alpha value is -2.41. The van der Waals surface area contributed by atoms with Crippen molar-refractivity contribution in [1.29, 1.82) is 0 Å². The van der Waals surface area contributed by atoms with Crippen LogP contribution in [0.25, 0.3) is 22.4 Å². The molecule has 1 aromatic heterocycles. The van der Waals surface area contributed by atoms with Gasteiger partial charge in [-0.1, -0.05) is 54.1 Å². The van der Waals surface area contributed by atoms with E-state index in [9.17, 15) is 0 Å². The maximum atomic E-state index is 4.38. The molecule has 20 heavy (non-hydrogen) atoms. The minimum atomic E-state index is 1.01. The molecule has 0 saturated carbocycles. The highest BCUT2D eigenvalue weighted by atomic mass is 14.7. The lowest BCUT2D eigenvalue weighted by atomic mass is 9.97. The summed E-state index contributed by atoms with van der Waals surface area (Å²) >= 11 is 0. The van der Waals surface area contributed by atoms with Crippen molar-refractivity contribution in [2.45, 2.75) is 13.8 Å². The van der Waals surface area contributed by atoms with Crippen molar-refractivity contribution in [2.75, 3.05) is 0 Å². The quantitative estimate of drug-likeness (QED) is 0.628. The predicted molar refractivity (Wildman–Crippen MR) is 84.6 cm³/mol. The van der Waals surface area contributed by atoms with Gasteiger partial charge in [0.1, 0.15) is 0 Å². The van der Waals surface area contributed by atoms with Gasteiger partial charge in [0.25, 0.3) is 0 Å². The van der Waals surface area contributed by atoms with Gasteiger partial charge in [-0.15, -0.1) is 0 Å². The van der Waals surface area contributed by atoms with Gasteiger partial charge in [0.2, 0.25) is 0 Å². The molecule has 0 fully saturated rings. The Kier molecular flexibility index (Phi) is 3.34. The van der Waals surface area contributed by atoms with Crippen molar-refractivity contribution in [1.82, 2.24) is 4.98 Å². The molecule has 0 aliphatic heterocycles. The summed E-state index contributed by atoms with van der Waals surface area (Å²) in [6, 6.07) is 21.2. The molecule has 0 aliphatic carbocycles. The van der Waals surface area contributed by atoms with E-state index in [1.807, 2.05) is 24.4 Å². The number of aryl methyl sites for hydroxylation is 2. The molecule has 98 valence electrons. The molecule has 0 atom stereocenters. The summed E-state index contributed by atoms with van der Waals surface area (Å²) in [6.45, 7) is 4.28. The van der Waals surface area contributed by atoms with Crippen LogP contribution in [0.3, 0.4) is 0 Å². The Morgan fingerprint density at radius 1 is 0.750 bits per heavy atom. The molecule has 0 saturated heterocycles. The third-order valence-corrected chi connectivity index (χ3v) is 3.55. The monoisotopic (exact) mass is 259 g/mol. The van der Waals surface area contributed by atoms with Crippen LogP contribution in [-0.2, 0) is 0 Å². The average molecular weight is 259 g/mol. The molecule has 0 spiro atoms. The number of hydrogen-bond acceptors (Lipinski definition) is 1. The van der Waals surface area contributed by atoms with Gasteiger partial charge in [-0.05, 0) is 42.7 Å². The molecule has 0 unspecified atom stereocenters. The van der Waals surface area contributed by atoms with Crippen LogP contribution < -0.4 is 0 Å². The van der Waals surface area contributed by atoms with E-state index in [1.54, 1.807) is 0 Å². The van der Waals surface area contributed by atoms with E-state index in [0.29, 0.717) is 0 Å². The smallest absolute Gasteiger partial charge is 0.0701 e. The number of pyridine rings is 1. The molecule has 0 amide bonds. The number of nitrogens with zero attached hydrogens (tertiary/aromatic N) is 1. The maximum Gasteiger partial charge on any atom is 0.0701 e. The zero-order valence-corrected chi connectivity index (χ0v) is 11.8. The van der Waals surface area contributed by atoms with Crippen LogP contribution in [0.15, 0.2) is 66.9 Å². The Bertz CT molecular complexity index is 713. The van der Waals surface area contributed by atoms with Gasteiger partial charge in [-0.25, -0.2) is 0 Å². The van der Waals surface area contributed by atoms with Gasteiger partial charge >= 0.3 is 0 Å². The first-order valence-electron chi connectivity index (χ1n) is 6.83. The summed E-state index contributed by atoms with van der Waals surface area (Å²) in [5.74, 6) is 0. The lowest BCUT2D eigenvalue weighted by Gasteiger charge is -2.08. The Balaban J connectivity index is 2.00. The normalized spacial score (nSPS) is 10.5. The largest absolute Gasteiger partial charge is 0.256 e. The Labute approximate surface area is 119 Å². The third-order valence-electron chi connectivity index (χ3n) is 3.55. The van der Waals surface area contributed by atoms with E-state index in [1.165, 1.54) is 22.3 Å². The van der Waals surface area contributed by atoms with Crippen molar-refractivity contribution < 1.29 is 0 Å². The van der Waals surface area contributed by atoms with E-state index in [2.05, 4.69) is 61.3 Å². The van der Waals surface area contributed by atoms with Crippen molar-refractivity contribution in [3.05, 3.63) is 78.0 Å². The second kappa shape index (κ2) is 5.30. The molecule has 3 aromatic rings. The minimum absolute atomic E-state index is 1.01. The number of aromatic nitrogens is 1. The third kappa shape index (κ3) is 2.48. The summed E-state index contributed by atoms with van der Waals surface area (Å²) in [7, 11) is 0. The average Bonchev–Trinajstić information content (AvgIpc) is 2.51. The van der Waals surface area contributed by atoms with Crippen LogP contribution >= 0.6 is 0 Å². The molecular weight excluding hydrogens is 242 g/mol. The lowest BCUT2D eigenvalue weighted by molar-refractivity contribution is 1.32. The minimum Gasteiger partial charge on any atom is -0.256 e. The SMILES string of the molecule is Cc1ccc(C)c(-c2ccc(-c3ccccn3)cc2)c1. The summed E-state index contributed by atoms with van der Waals surface area (Å²) in [5.41, 5.74) is 7.32. The summed E-state index contributed by atoms with van der Waals surface area (Å²) in [6.07, 6.45) is 1.83. The second-order valence-electron chi connectivity index (χ2n) is 5.11. The van der Waals surface area contributed by atoms with Crippen LogP contribution in [0.5, 0.6) is 0 Å². The molecule has 1 nitrogen and oxygen atoms in total. The zero-order chi connectivity index (χ0) is 13.9. The second-order valence-corrected chi connectivity index (χ2v) is 5.11. The maximum absolute atomic E-state index is 4.38. The van der Waals surface area contributed by atoms with Gasteiger partial charge in [-0.3, -0.25) is 4.98 Å². The standard InChI is InChI=1S/C19H17N/c1-14-6-7-15(2)18(13-14)16-8-10-17(11-9-16)19-5-3-4-12-20-19/h3-13H,1-2H3. The molecule has 3 rings (SSSR count). The molecule has 0 aliphatic rings. The van der Waals surface area contributed by atoms with Crippen molar-refractivity contribution in [3.8, 4) is 22.4 Å². The first-order chi connectivity index (χ1) is 9.74. The van der Waals surface area contributed by atoms with E-state index in [4.69, 9.17) is 0 Å². The first-order valence-corrected chi connectivity index (χ1v) is 6.83. The fourth-order valence-corrected chi connectivity index (χ4v) is 2.40. The van der Waals surface area contributed by atoms with E-state index in [0.717, 1.165) is 11.3 Å². The van der Waals surface area contributed by atoms with Crippen molar-refractivity contribution in [3.63, 3.8) is 0 Å². The molecular formula is C19H17N. The number of hydrogen-bond donors (Lipinski definition) is 0. The van der Waals surface area contributed by atoms with Crippen LogP contribution in [0.4, 0.5) is 0 Å². The van der Waals surface area contributed by atoms with Gasteiger partial charge in [0.05, 0.1) is 5.69 Å². The Morgan fingerprint density at radius 3 is 2.20 bits per heavy atom. The molecule has 2 aromatic carbocycles. The zero-order valence-electron chi connectivity index (χ0n) is 11.8. The van der Waals surface area contributed by atoms with E-state index < -0.39 is 0 Å². The Morgan fingerprint density at radius 2 is 1.50 bits per heavy atom. The summed E-state index contributed by atoms with van der Waals surface area (Å²) in [4.78, 5) is 4.38. The van der Waals surface area contributed by atoms with Crippen LogP contribution in [0, 0.1) is 13.8 Å². The highest BCUT2D eigenvalue weighted by Gasteiger charge is 2.03. The lowest BCUT2D eigenvalue weighted by Crippen LogP contribution is -1.86. The molecule has 1 heteroatoms. The van der Waals surface area contributed by atoms with Gasteiger partial charge in [0.15, 0.2) is 0 Å². The molecule has 0 radical (unpaired) electrons. The predicted octanol–water partition coefficient (Wildman–Crippen LogP) is 5.03. The van der Waals surface area contributed by atoms with Gasteiger partial charge in [0, 0.05) is 11.8 Å². The fourth-order valence-electron chi connectivity index (χ4n) is 2.40. The number of rotatable bonds is 2. The first kappa shape index (κ1) is 12.6. The summed E-state index contributed by atoms with van der Waals surface area (Å²) in [5, 5.41) is 0. The topological polar surface area (TPSA) is 12.9 Å². The van der Waals surface area contributed by atoms with Gasteiger partial charge < -0.3 is 0 Å². The van der Waals surface area contributed by atoms with Crippen LogP contribution in [-0.4, -0.2) is 4.98 Å². The van der Waals surface area contributed by atoms with Crippen LogP contribution in [0.2, 0.25) is 0 Å². The van der Waals surface area contributed by atoms with Crippen molar-refractivity contribution in [2.24, 2.45) is 0 Å². The number of benzene rings is 2. The van der Waals surface area contributed by atoms with Crippen LogP contribution in [0.1, 0.15) is 11.1 Å². The van der Waals surface area contributed by atoms with E-state index >= 15 is 0 Å². The highest BCUT2D eigenvalue weighted by molar-refractivity contribution is 5.71. The van der Waals surface area contributed by atoms with E-state index in [-0.39, 0.29) is 0 Å². The molecule has 0 bridgehead atoms. The van der Waals surface area contributed by atoms with Gasteiger partial charge in [-0.2, -0.15) is 0 Å². The fraction of sp³-hybridized carbons (Fsp3) is 0.105. The molecule has 0 N–H and O–H groups in total.